The van der Waals surface area contributed by atoms with Crippen LogP contribution in [-0.2, 0) is 0 Å². The highest BCUT2D eigenvalue weighted by Gasteiger charge is 1.79. The molecule has 0 heterocycles. The molecule has 0 unspecified atom stereocenters. The monoisotopic (exact) mass is 138 g/mol. The molecule has 0 amide bonds. The van der Waals surface area contributed by atoms with Gasteiger partial charge in [-0.15, -0.1) is 0 Å². The second-order valence-corrected chi connectivity index (χ2v) is 2.18. The van der Waals surface area contributed by atoms with Gasteiger partial charge in [0.05, 0.1) is 0 Å². The summed E-state index contributed by atoms with van der Waals surface area (Å²) < 4.78 is 0. The zero-order valence-corrected chi connectivity index (χ0v) is 6.59. The Morgan fingerprint density at radius 3 is 2.50 bits per heavy atom. The van der Waals surface area contributed by atoms with Gasteiger partial charge in [-0.3, -0.25) is 0 Å². The molecule has 0 saturated carbocycles. The van der Waals surface area contributed by atoms with Gasteiger partial charge in [0.2, 0.25) is 0 Å². The molecule has 0 rings (SSSR count). The Kier molecular flexibility index (Phi) is 4.38. The van der Waals surface area contributed by atoms with E-state index in [4.69, 9.17) is 5.11 Å². The largest absolute Gasteiger partial charge is 0.509 e. The van der Waals surface area contributed by atoms with Gasteiger partial charge < -0.3 is 5.11 Å². The van der Waals surface area contributed by atoms with Crippen molar-refractivity contribution in [3.8, 4) is 0 Å². The predicted molar refractivity (Wildman–Crippen MR) is 45.0 cm³/mol. The Labute approximate surface area is 62.4 Å². The first-order chi connectivity index (χ1) is 4.66. The van der Waals surface area contributed by atoms with Crippen LogP contribution in [0.2, 0.25) is 0 Å². The van der Waals surface area contributed by atoms with Crippen molar-refractivity contribution in [2.24, 2.45) is 0 Å². The number of hydrogen-bond donors (Lipinski definition) is 1. The van der Waals surface area contributed by atoms with Crippen molar-refractivity contribution in [1.29, 1.82) is 0 Å². The van der Waals surface area contributed by atoms with Crippen molar-refractivity contribution in [2.75, 3.05) is 0 Å². The molecule has 10 heavy (non-hydrogen) atoms. The first kappa shape index (κ1) is 9.02. The van der Waals surface area contributed by atoms with Crippen molar-refractivity contribution in [2.45, 2.75) is 20.3 Å². The molecular formula is C9H14O. The first-order valence-corrected chi connectivity index (χ1v) is 3.39. The number of hydrogen-bond acceptors (Lipinski definition) is 1. The fourth-order valence-electron chi connectivity index (χ4n) is 0.618. The van der Waals surface area contributed by atoms with Gasteiger partial charge in [0.15, 0.2) is 0 Å². The van der Waals surface area contributed by atoms with E-state index in [1.165, 1.54) is 0 Å². The van der Waals surface area contributed by atoms with E-state index in [0.29, 0.717) is 0 Å². The highest BCUT2D eigenvalue weighted by atomic mass is 16.3. The summed E-state index contributed by atoms with van der Waals surface area (Å²) >= 11 is 0. The van der Waals surface area contributed by atoms with Crippen LogP contribution in [0.25, 0.3) is 0 Å². The third-order valence-corrected chi connectivity index (χ3v) is 1.06. The zero-order chi connectivity index (χ0) is 7.98. The van der Waals surface area contributed by atoms with Crippen LogP contribution >= 0.6 is 0 Å². The van der Waals surface area contributed by atoms with Crippen molar-refractivity contribution >= 4 is 0 Å². The van der Waals surface area contributed by atoms with E-state index in [1.807, 2.05) is 13.0 Å². The van der Waals surface area contributed by atoms with Crippen LogP contribution in [0.5, 0.6) is 0 Å². The molecule has 0 fully saturated rings. The van der Waals surface area contributed by atoms with E-state index in [2.05, 4.69) is 19.6 Å². The molecule has 0 aromatic heterocycles. The maximum Gasteiger partial charge on any atom is 0.108 e. The van der Waals surface area contributed by atoms with Gasteiger partial charge in [-0.1, -0.05) is 31.2 Å². The molecule has 0 spiro atoms. The van der Waals surface area contributed by atoms with Gasteiger partial charge in [0.1, 0.15) is 5.76 Å². The van der Waals surface area contributed by atoms with Crippen LogP contribution in [0.15, 0.2) is 36.1 Å². The number of allylic oxidation sites excluding steroid dienone is 4. The average Bonchev–Trinajstić information content (AvgIpc) is 1.85. The van der Waals surface area contributed by atoms with E-state index in [0.717, 1.165) is 12.0 Å². The second-order valence-electron chi connectivity index (χ2n) is 2.18. The molecule has 0 saturated heterocycles. The van der Waals surface area contributed by atoms with Crippen LogP contribution in [0.1, 0.15) is 20.3 Å². The smallest absolute Gasteiger partial charge is 0.108 e. The summed E-state index contributed by atoms with van der Waals surface area (Å²) in [7, 11) is 0. The fourth-order valence-corrected chi connectivity index (χ4v) is 0.618. The van der Waals surface area contributed by atoms with Gasteiger partial charge in [-0.2, -0.15) is 0 Å². The molecular weight excluding hydrogens is 124 g/mol. The summed E-state index contributed by atoms with van der Waals surface area (Å²) in [6, 6.07) is 0. The van der Waals surface area contributed by atoms with Crippen LogP contribution in [0.3, 0.4) is 0 Å². The Hall–Kier alpha value is -0.980. The Balaban J connectivity index is 3.89. The SMILES string of the molecule is C=C(O)/C=C\C(C)=C/CC. The van der Waals surface area contributed by atoms with Gasteiger partial charge in [-0.05, 0) is 19.4 Å². The highest BCUT2D eigenvalue weighted by molar-refractivity contribution is 5.21. The van der Waals surface area contributed by atoms with Crippen molar-refractivity contribution in [1.82, 2.24) is 0 Å². The predicted octanol–water partition coefficient (Wildman–Crippen LogP) is 2.97. The van der Waals surface area contributed by atoms with E-state index in [-0.39, 0.29) is 5.76 Å². The molecule has 0 bridgehead atoms. The van der Waals surface area contributed by atoms with Gasteiger partial charge in [0.25, 0.3) is 0 Å². The van der Waals surface area contributed by atoms with E-state index in [1.54, 1.807) is 6.08 Å². The number of rotatable bonds is 3. The lowest BCUT2D eigenvalue weighted by molar-refractivity contribution is 0.435. The number of aliphatic hydroxyl groups excluding tert-OH is 1. The van der Waals surface area contributed by atoms with Crippen molar-refractivity contribution in [3.05, 3.63) is 36.1 Å². The summed E-state index contributed by atoms with van der Waals surface area (Å²) in [6.45, 7) is 7.39. The van der Waals surface area contributed by atoms with Gasteiger partial charge >= 0.3 is 0 Å². The number of aliphatic hydroxyl groups is 1. The summed E-state index contributed by atoms with van der Waals surface area (Å²) in [4.78, 5) is 0. The molecule has 56 valence electrons. The van der Waals surface area contributed by atoms with E-state index in [9.17, 15) is 0 Å². The molecule has 1 heteroatoms. The molecule has 0 aliphatic rings. The fraction of sp³-hybridized carbons (Fsp3) is 0.333. The van der Waals surface area contributed by atoms with E-state index < -0.39 is 0 Å². The summed E-state index contributed by atoms with van der Waals surface area (Å²) in [6.07, 6.45) is 6.53. The molecule has 0 atom stereocenters. The molecule has 1 N–H and O–H groups in total. The van der Waals surface area contributed by atoms with Crippen LogP contribution < -0.4 is 0 Å². The molecule has 1 nitrogen and oxygen atoms in total. The lowest BCUT2D eigenvalue weighted by Gasteiger charge is -1.88. The minimum absolute atomic E-state index is 0.101. The standard InChI is InChI=1S/C9H14O/c1-4-5-8(2)6-7-9(3)10/h5-7,10H,3-4H2,1-2H3/b7-6-,8-5-. The topological polar surface area (TPSA) is 20.2 Å². The van der Waals surface area contributed by atoms with Crippen LogP contribution in [0, 0.1) is 0 Å². The lowest BCUT2D eigenvalue weighted by atomic mass is 10.2. The van der Waals surface area contributed by atoms with E-state index >= 15 is 0 Å². The lowest BCUT2D eigenvalue weighted by Crippen LogP contribution is -1.70. The minimum Gasteiger partial charge on any atom is -0.509 e. The maximum absolute atomic E-state index is 8.66. The zero-order valence-electron chi connectivity index (χ0n) is 6.59. The molecule has 0 aromatic rings. The van der Waals surface area contributed by atoms with Gasteiger partial charge in [0, 0.05) is 0 Å². The second kappa shape index (κ2) is 4.86. The summed E-state index contributed by atoms with van der Waals surface area (Å²) in [5.74, 6) is 0.101. The van der Waals surface area contributed by atoms with Crippen LogP contribution in [0.4, 0.5) is 0 Å². The molecule has 0 aliphatic carbocycles. The summed E-state index contributed by atoms with van der Waals surface area (Å²) in [5, 5.41) is 8.66. The summed E-state index contributed by atoms with van der Waals surface area (Å²) in [5.41, 5.74) is 1.15. The third-order valence-electron chi connectivity index (χ3n) is 1.06. The molecule has 0 aliphatic heterocycles. The quantitative estimate of drug-likeness (QED) is 0.469. The Morgan fingerprint density at radius 2 is 2.10 bits per heavy atom. The van der Waals surface area contributed by atoms with Crippen molar-refractivity contribution < 1.29 is 5.11 Å². The average molecular weight is 138 g/mol. The Bertz CT molecular complexity index is 164. The minimum atomic E-state index is 0.101. The third kappa shape index (κ3) is 5.16. The Morgan fingerprint density at radius 1 is 1.50 bits per heavy atom. The molecule has 0 radical (unpaired) electrons. The molecule has 0 aromatic carbocycles. The normalized spacial score (nSPS) is 12.4. The first-order valence-electron chi connectivity index (χ1n) is 3.39. The maximum atomic E-state index is 8.66. The van der Waals surface area contributed by atoms with Crippen LogP contribution in [-0.4, -0.2) is 5.11 Å². The van der Waals surface area contributed by atoms with Gasteiger partial charge in [-0.25, -0.2) is 0 Å². The van der Waals surface area contributed by atoms with Crippen molar-refractivity contribution in [3.63, 3.8) is 0 Å². The highest BCUT2D eigenvalue weighted by Crippen LogP contribution is 1.98.